The Bertz CT molecular complexity index is 644. The highest BCUT2D eigenvalue weighted by Gasteiger charge is 2.29. The van der Waals surface area contributed by atoms with Gasteiger partial charge < -0.3 is 9.64 Å². The largest absolute Gasteiger partial charge is 0.378 e. The fourth-order valence-corrected chi connectivity index (χ4v) is 2.75. The van der Waals surface area contributed by atoms with Gasteiger partial charge in [-0.05, 0) is 12.1 Å². The molecule has 1 amide bonds. The van der Waals surface area contributed by atoms with E-state index in [1.807, 2.05) is 0 Å². The van der Waals surface area contributed by atoms with Gasteiger partial charge in [-0.25, -0.2) is 17.2 Å². The molecular formula is C11H10ClF2NO4S. The molecule has 1 fully saturated rings. The van der Waals surface area contributed by atoms with Crippen LogP contribution in [0.3, 0.4) is 0 Å². The summed E-state index contributed by atoms with van der Waals surface area (Å²) in [5.41, 5.74) is -0.923. The summed E-state index contributed by atoms with van der Waals surface area (Å²) >= 11 is 0. The van der Waals surface area contributed by atoms with Gasteiger partial charge in [0.2, 0.25) is 0 Å². The molecule has 1 aliphatic rings. The molecule has 2 rings (SSSR count). The van der Waals surface area contributed by atoms with Crippen molar-refractivity contribution in [1.29, 1.82) is 0 Å². The highest BCUT2D eigenvalue weighted by Crippen LogP contribution is 2.25. The van der Waals surface area contributed by atoms with Crippen LogP contribution in [0.15, 0.2) is 17.0 Å². The van der Waals surface area contributed by atoms with Gasteiger partial charge in [0, 0.05) is 23.8 Å². The fourth-order valence-electron chi connectivity index (χ4n) is 1.84. The number of carbonyl (C=O) groups excluding carboxylic acids is 1. The molecule has 0 radical (unpaired) electrons. The summed E-state index contributed by atoms with van der Waals surface area (Å²) in [5.74, 6) is -3.54. The van der Waals surface area contributed by atoms with Gasteiger partial charge >= 0.3 is 0 Å². The van der Waals surface area contributed by atoms with Gasteiger partial charge in [-0.1, -0.05) is 0 Å². The van der Waals surface area contributed by atoms with E-state index in [1.165, 1.54) is 4.90 Å². The molecule has 20 heavy (non-hydrogen) atoms. The van der Waals surface area contributed by atoms with Crippen molar-refractivity contribution in [3.05, 3.63) is 29.3 Å². The third-order valence-corrected chi connectivity index (χ3v) is 4.17. The molecule has 0 bridgehead atoms. The van der Waals surface area contributed by atoms with Gasteiger partial charge in [0.05, 0.1) is 13.2 Å². The summed E-state index contributed by atoms with van der Waals surface area (Å²) in [4.78, 5) is 12.3. The van der Waals surface area contributed by atoms with E-state index in [1.54, 1.807) is 0 Å². The van der Waals surface area contributed by atoms with Gasteiger partial charge in [-0.2, -0.15) is 0 Å². The summed E-state index contributed by atoms with van der Waals surface area (Å²) in [7, 11) is 0.642. The van der Waals surface area contributed by atoms with Gasteiger partial charge in [-0.3, -0.25) is 4.79 Å². The van der Waals surface area contributed by atoms with E-state index in [0.717, 1.165) is 0 Å². The lowest BCUT2D eigenvalue weighted by atomic mass is 10.1. The van der Waals surface area contributed by atoms with E-state index in [9.17, 15) is 22.0 Å². The second-order valence-corrected chi connectivity index (χ2v) is 6.61. The predicted molar refractivity (Wildman–Crippen MR) is 66.1 cm³/mol. The van der Waals surface area contributed by atoms with Crippen molar-refractivity contribution in [2.24, 2.45) is 0 Å². The molecule has 0 unspecified atom stereocenters. The molecule has 110 valence electrons. The van der Waals surface area contributed by atoms with E-state index in [2.05, 4.69) is 0 Å². The van der Waals surface area contributed by atoms with Crippen LogP contribution in [0.25, 0.3) is 0 Å². The van der Waals surface area contributed by atoms with Crippen LogP contribution in [0.2, 0.25) is 0 Å². The van der Waals surface area contributed by atoms with Crippen molar-refractivity contribution in [3.8, 4) is 0 Å². The maximum absolute atomic E-state index is 14.1. The first kappa shape index (κ1) is 15.1. The fraction of sp³-hybridized carbons (Fsp3) is 0.364. The molecule has 0 aromatic heterocycles. The van der Waals surface area contributed by atoms with E-state index in [-0.39, 0.29) is 26.3 Å². The summed E-state index contributed by atoms with van der Waals surface area (Å²) in [5, 5.41) is 0. The van der Waals surface area contributed by atoms with E-state index in [0.29, 0.717) is 12.1 Å². The van der Waals surface area contributed by atoms with Crippen LogP contribution >= 0.6 is 10.7 Å². The Balaban J connectivity index is 2.47. The molecule has 1 saturated heterocycles. The van der Waals surface area contributed by atoms with Gasteiger partial charge in [0.25, 0.3) is 15.0 Å². The van der Waals surface area contributed by atoms with Crippen LogP contribution < -0.4 is 0 Å². The minimum absolute atomic E-state index is 0.176. The topological polar surface area (TPSA) is 63.7 Å². The summed E-state index contributed by atoms with van der Waals surface area (Å²) in [6.45, 7) is 0.857. The van der Waals surface area contributed by atoms with Crippen molar-refractivity contribution in [3.63, 3.8) is 0 Å². The van der Waals surface area contributed by atoms with Crippen LogP contribution in [0.1, 0.15) is 10.4 Å². The molecule has 5 nitrogen and oxygen atoms in total. The zero-order chi connectivity index (χ0) is 14.9. The zero-order valence-electron chi connectivity index (χ0n) is 10.1. The second kappa shape index (κ2) is 5.63. The molecule has 0 aliphatic carbocycles. The van der Waals surface area contributed by atoms with Crippen molar-refractivity contribution in [2.75, 3.05) is 26.3 Å². The highest BCUT2D eigenvalue weighted by atomic mass is 35.7. The molecule has 0 N–H and O–H groups in total. The third-order valence-electron chi connectivity index (χ3n) is 2.83. The molecule has 0 spiro atoms. The first-order valence-electron chi connectivity index (χ1n) is 5.62. The highest BCUT2D eigenvalue weighted by molar-refractivity contribution is 8.13. The number of ether oxygens (including phenoxy) is 1. The maximum Gasteiger partial charge on any atom is 0.264 e. The zero-order valence-corrected chi connectivity index (χ0v) is 11.7. The molecule has 0 saturated carbocycles. The molecule has 1 heterocycles. The summed E-state index contributed by atoms with van der Waals surface area (Å²) in [6.07, 6.45) is 0. The standard InChI is InChI=1S/C11H10ClF2NO4S/c12-20(17,18)8-2-1-7(13)9(10(8)14)11(16)15-3-5-19-6-4-15/h1-2H,3-6H2. The van der Waals surface area contributed by atoms with Crippen LogP contribution in [0, 0.1) is 11.6 Å². The normalized spacial score (nSPS) is 16.2. The smallest absolute Gasteiger partial charge is 0.264 e. The Morgan fingerprint density at radius 2 is 1.85 bits per heavy atom. The number of nitrogens with zero attached hydrogens (tertiary/aromatic N) is 1. The first-order valence-corrected chi connectivity index (χ1v) is 7.93. The molecule has 1 aliphatic heterocycles. The summed E-state index contributed by atoms with van der Waals surface area (Å²) < 4.78 is 55.1. The molecule has 1 aromatic carbocycles. The number of rotatable bonds is 2. The lowest BCUT2D eigenvalue weighted by Gasteiger charge is -2.27. The Morgan fingerprint density at radius 1 is 1.25 bits per heavy atom. The van der Waals surface area contributed by atoms with Gasteiger partial charge in [0.15, 0.2) is 5.82 Å². The molecule has 1 aromatic rings. The number of amides is 1. The average molecular weight is 326 g/mol. The van der Waals surface area contributed by atoms with E-state index in [4.69, 9.17) is 15.4 Å². The van der Waals surface area contributed by atoms with Crippen molar-refractivity contribution in [2.45, 2.75) is 4.90 Å². The Kier molecular flexibility index (Phi) is 4.26. The minimum Gasteiger partial charge on any atom is -0.378 e. The van der Waals surface area contributed by atoms with Crippen LogP contribution in [0.4, 0.5) is 8.78 Å². The lowest BCUT2D eigenvalue weighted by Crippen LogP contribution is -2.41. The molecule has 9 heteroatoms. The SMILES string of the molecule is O=C(c1c(F)ccc(S(=O)(=O)Cl)c1F)N1CCOCC1. The number of hydrogen-bond acceptors (Lipinski definition) is 4. The molecule has 0 atom stereocenters. The minimum atomic E-state index is -4.40. The van der Waals surface area contributed by atoms with E-state index < -0.39 is 37.1 Å². The second-order valence-electron chi connectivity index (χ2n) is 4.08. The van der Waals surface area contributed by atoms with E-state index >= 15 is 0 Å². The van der Waals surface area contributed by atoms with Crippen molar-refractivity contribution in [1.82, 2.24) is 4.90 Å². The monoisotopic (exact) mass is 325 g/mol. The number of hydrogen-bond donors (Lipinski definition) is 0. The lowest BCUT2D eigenvalue weighted by molar-refractivity contribution is 0.0296. The first-order chi connectivity index (χ1) is 9.32. The van der Waals surface area contributed by atoms with Crippen LogP contribution in [-0.4, -0.2) is 45.5 Å². The van der Waals surface area contributed by atoms with Gasteiger partial charge in [-0.15, -0.1) is 0 Å². The number of carbonyl (C=O) groups is 1. The van der Waals surface area contributed by atoms with Gasteiger partial charge in [0.1, 0.15) is 16.3 Å². The number of benzene rings is 1. The van der Waals surface area contributed by atoms with Crippen LogP contribution in [0.5, 0.6) is 0 Å². The predicted octanol–water partition coefficient (Wildman–Crippen LogP) is 1.36. The average Bonchev–Trinajstić information content (AvgIpc) is 2.38. The van der Waals surface area contributed by atoms with Crippen LogP contribution in [-0.2, 0) is 13.8 Å². The Hall–Kier alpha value is -1.25. The van der Waals surface area contributed by atoms with Crippen molar-refractivity contribution < 1.29 is 26.7 Å². The Morgan fingerprint density at radius 3 is 2.40 bits per heavy atom. The third kappa shape index (κ3) is 2.92. The number of morpholine rings is 1. The molecular weight excluding hydrogens is 316 g/mol. The quantitative estimate of drug-likeness (QED) is 0.770. The Labute approximate surface area is 118 Å². The maximum atomic E-state index is 14.1. The summed E-state index contributed by atoms with van der Waals surface area (Å²) in [6, 6.07) is 1.38. The number of halogens is 3. The van der Waals surface area contributed by atoms with Crippen molar-refractivity contribution >= 4 is 25.6 Å².